The van der Waals surface area contributed by atoms with E-state index >= 15 is 0 Å². The van der Waals surface area contributed by atoms with Crippen molar-refractivity contribution in [2.24, 2.45) is 0 Å². The van der Waals surface area contributed by atoms with Crippen LogP contribution in [0.2, 0.25) is 0 Å². The van der Waals surface area contributed by atoms with Gasteiger partial charge in [0.15, 0.2) is 0 Å². The molecule has 1 N–H and O–H groups in total. The van der Waals surface area contributed by atoms with Crippen LogP contribution in [-0.4, -0.2) is 11.1 Å². The molecule has 2 rings (SSSR count). The number of nitrogens with one attached hydrogen (secondary N) is 1. The summed E-state index contributed by atoms with van der Waals surface area (Å²) in [5, 5.41) is 17.2. The molecule has 5 nitrogen and oxygen atoms in total. The summed E-state index contributed by atoms with van der Waals surface area (Å²) < 4.78 is 4.81. The van der Waals surface area contributed by atoms with Gasteiger partial charge in [-0.2, -0.15) is 5.26 Å². The highest BCUT2D eigenvalue weighted by atomic mass is 32.1. The zero-order valence-corrected chi connectivity index (χ0v) is 9.17. The van der Waals surface area contributed by atoms with Crippen LogP contribution in [0.25, 0.3) is 0 Å². The molecule has 80 valence electrons. The number of aromatic nitrogens is 1. The van der Waals surface area contributed by atoms with Crippen molar-refractivity contribution >= 4 is 22.2 Å². The first-order chi connectivity index (χ1) is 7.70. The molecule has 0 unspecified atom stereocenters. The fourth-order valence-corrected chi connectivity index (χ4v) is 1.86. The molecule has 0 atom stereocenters. The van der Waals surface area contributed by atoms with Gasteiger partial charge in [-0.05, 0) is 18.4 Å². The number of nitrogens with zero attached hydrogens (tertiary/aromatic N) is 2. The van der Waals surface area contributed by atoms with Crippen molar-refractivity contribution < 1.29 is 9.32 Å². The number of aryl methyl sites for hydroxylation is 1. The number of carbonyl (C=O) groups excluding carboxylic acids is 1. The normalized spacial score (nSPS) is 9.75. The van der Waals surface area contributed by atoms with Crippen LogP contribution in [0.1, 0.15) is 21.8 Å². The van der Waals surface area contributed by atoms with Gasteiger partial charge >= 0.3 is 0 Å². The van der Waals surface area contributed by atoms with Gasteiger partial charge in [-0.15, -0.1) is 11.3 Å². The number of anilines is 1. The summed E-state index contributed by atoms with van der Waals surface area (Å²) in [7, 11) is 0. The van der Waals surface area contributed by atoms with Gasteiger partial charge in [0.05, 0.1) is 11.3 Å². The van der Waals surface area contributed by atoms with Crippen LogP contribution in [0, 0.1) is 18.3 Å². The van der Waals surface area contributed by atoms with E-state index in [1.54, 1.807) is 18.4 Å². The highest BCUT2D eigenvalue weighted by molar-refractivity contribution is 7.14. The molecule has 0 spiro atoms. The summed E-state index contributed by atoms with van der Waals surface area (Å²) >= 11 is 1.29. The highest BCUT2D eigenvalue weighted by Gasteiger charge is 2.14. The minimum Gasteiger partial charge on any atom is -0.351 e. The predicted molar refractivity (Wildman–Crippen MR) is 58.2 cm³/mol. The zero-order valence-electron chi connectivity index (χ0n) is 8.35. The van der Waals surface area contributed by atoms with Crippen molar-refractivity contribution in [2.45, 2.75) is 6.92 Å². The van der Waals surface area contributed by atoms with Gasteiger partial charge < -0.3 is 9.84 Å². The fourth-order valence-electron chi connectivity index (χ4n) is 1.13. The van der Waals surface area contributed by atoms with Gasteiger partial charge in [0.2, 0.25) is 5.76 Å². The highest BCUT2D eigenvalue weighted by Crippen LogP contribution is 2.22. The summed E-state index contributed by atoms with van der Waals surface area (Å²) in [6.07, 6.45) is 0. The molecule has 1 amide bonds. The monoisotopic (exact) mass is 233 g/mol. The number of carbonyl (C=O) groups is 1. The van der Waals surface area contributed by atoms with Gasteiger partial charge in [-0.3, -0.25) is 4.79 Å². The summed E-state index contributed by atoms with van der Waals surface area (Å²) in [6, 6.07) is 5.17. The van der Waals surface area contributed by atoms with E-state index in [1.807, 2.05) is 6.07 Å². The van der Waals surface area contributed by atoms with E-state index in [-0.39, 0.29) is 5.76 Å². The smallest absolute Gasteiger partial charge is 0.294 e. The van der Waals surface area contributed by atoms with Crippen molar-refractivity contribution in [3.63, 3.8) is 0 Å². The maximum absolute atomic E-state index is 11.6. The van der Waals surface area contributed by atoms with Gasteiger partial charge in [0.25, 0.3) is 5.91 Å². The molecule has 0 saturated heterocycles. The average Bonchev–Trinajstić information content (AvgIpc) is 2.86. The van der Waals surface area contributed by atoms with Crippen molar-refractivity contribution in [3.05, 3.63) is 34.5 Å². The summed E-state index contributed by atoms with van der Waals surface area (Å²) in [4.78, 5) is 11.6. The Morgan fingerprint density at radius 3 is 3.12 bits per heavy atom. The molecule has 0 bridgehead atoms. The first-order valence-corrected chi connectivity index (χ1v) is 5.31. The SMILES string of the molecule is Cc1cc(C(=O)Nc2sccc2C#N)on1. The maximum Gasteiger partial charge on any atom is 0.294 e. The van der Waals surface area contributed by atoms with E-state index in [1.165, 1.54) is 17.4 Å². The van der Waals surface area contributed by atoms with Crippen LogP contribution in [0.3, 0.4) is 0 Å². The lowest BCUT2D eigenvalue weighted by atomic mass is 10.3. The average molecular weight is 233 g/mol. The van der Waals surface area contributed by atoms with Crippen LogP contribution in [0.15, 0.2) is 22.0 Å². The lowest BCUT2D eigenvalue weighted by Crippen LogP contribution is -2.10. The molecule has 0 radical (unpaired) electrons. The Morgan fingerprint density at radius 1 is 1.69 bits per heavy atom. The Bertz CT molecular complexity index is 565. The first-order valence-electron chi connectivity index (χ1n) is 4.43. The number of nitriles is 1. The first kappa shape index (κ1) is 10.4. The number of rotatable bonds is 2. The molecule has 2 aromatic heterocycles. The Labute approximate surface area is 95.3 Å². The Hall–Kier alpha value is -2.13. The number of thiophene rings is 1. The van der Waals surface area contributed by atoms with Crippen LogP contribution in [0.5, 0.6) is 0 Å². The van der Waals surface area contributed by atoms with E-state index in [0.29, 0.717) is 16.3 Å². The molecule has 16 heavy (non-hydrogen) atoms. The molecule has 0 aliphatic rings. The molecule has 0 saturated carbocycles. The predicted octanol–water partition coefficient (Wildman–Crippen LogP) is 2.17. The van der Waals surface area contributed by atoms with Crippen molar-refractivity contribution in [2.75, 3.05) is 5.32 Å². The third-order valence-corrected chi connectivity index (χ3v) is 2.69. The minimum atomic E-state index is -0.403. The van der Waals surface area contributed by atoms with Gasteiger partial charge in [-0.25, -0.2) is 0 Å². The molecule has 0 aliphatic carbocycles. The molecule has 6 heteroatoms. The molecule has 2 aromatic rings. The number of amides is 1. The van der Waals surface area contributed by atoms with Gasteiger partial charge in [0.1, 0.15) is 11.1 Å². The third kappa shape index (κ3) is 1.94. The molecular formula is C10H7N3O2S. The van der Waals surface area contributed by atoms with E-state index in [2.05, 4.69) is 10.5 Å². The zero-order chi connectivity index (χ0) is 11.5. The third-order valence-electron chi connectivity index (χ3n) is 1.86. The molecule has 2 heterocycles. The second-order valence-electron chi connectivity index (χ2n) is 3.06. The topological polar surface area (TPSA) is 78.9 Å². The lowest BCUT2D eigenvalue weighted by Gasteiger charge is -1.98. The quantitative estimate of drug-likeness (QED) is 0.862. The van der Waals surface area contributed by atoms with E-state index in [9.17, 15) is 4.79 Å². The van der Waals surface area contributed by atoms with Crippen molar-refractivity contribution in [3.8, 4) is 6.07 Å². The number of hydrogen-bond acceptors (Lipinski definition) is 5. The Morgan fingerprint density at radius 2 is 2.50 bits per heavy atom. The second-order valence-corrected chi connectivity index (χ2v) is 3.98. The lowest BCUT2D eigenvalue weighted by molar-refractivity contribution is 0.0988. The summed E-state index contributed by atoms with van der Waals surface area (Å²) in [5.74, 6) is -0.269. The van der Waals surface area contributed by atoms with Crippen molar-refractivity contribution in [1.82, 2.24) is 5.16 Å². The van der Waals surface area contributed by atoms with Crippen LogP contribution < -0.4 is 5.32 Å². The van der Waals surface area contributed by atoms with Gasteiger partial charge in [0, 0.05) is 6.07 Å². The van der Waals surface area contributed by atoms with Crippen molar-refractivity contribution in [1.29, 1.82) is 5.26 Å². The molecule has 0 aliphatic heterocycles. The second kappa shape index (κ2) is 4.16. The molecular weight excluding hydrogens is 226 g/mol. The van der Waals surface area contributed by atoms with E-state index in [4.69, 9.17) is 9.78 Å². The van der Waals surface area contributed by atoms with Crippen LogP contribution in [-0.2, 0) is 0 Å². The fraction of sp³-hybridized carbons (Fsp3) is 0.100. The van der Waals surface area contributed by atoms with E-state index < -0.39 is 5.91 Å². The maximum atomic E-state index is 11.6. The summed E-state index contributed by atoms with van der Waals surface area (Å²) in [6.45, 7) is 1.73. The minimum absolute atomic E-state index is 0.134. The largest absolute Gasteiger partial charge is 0.351 e. The Balaban J connectivity index is 2.17. The Kier molecular flexibility index (Phi) is 2.70. The summed E-state index contributed by atoms with van der Waals surface area (Å²) in [5.41, 5.74) is 1.08. The van der Waals surface area contributed by atoms with Crippen LogP contribution >= 0.6 is 11.3 Å². The van der Waals surface area contributed by atoms with Gasteiger partial charge in [-0.1, -0.05) is 5.16 Å². The number of hydrogen-bond donors (Lipinski definition) is 1. The van der Waals surface area contributed by atoms with E-state index in [0.717, 1.165) is 0 Å². The molecule has 0 fully saturated rings. The van der Waals surface area contributed by atoms with Crippen LogP contribution in [0.4, 0.5) is 5.00 Å². The molecule has 0 aromatic carbocycles. The standard InChI is InChI=1S/C10H7N3O2S/c1-6-4-8(15-13-6)9(14)12-10-7(5-11)2-3-16-10/h2-4H,1H3,(H,12,14).